The molecule has 0 aromatic carbocycles. The van der Waals surface area contributed by atoms with Crippen molar-refractivity contribution >= 4 is 5.97 Å². The minimum absolute atomic E-state index is 1.18. The highest BCUT2D eigenvalue weighted by Crippen LogP contribution is 2.19. The number of carboxylic acids is 1. The van der Waals surface area contributed by atoms with E-state index in [0.29, 0.717) is 0 Å². The summed E-state index contributed by atoms with van der Waals surface area (Å²) in [6.45, 7) is -1.18. The lowest BCUT2D eigenvalue weighted by molar-refractivity contribution is -0.239. The molecule has 0 aliphatic carbocycles. The fraction of sp³-hybridized carbons (Fsp3) is 0.833. The van der Waals surface area contributed by atoms with Crippen LogP contribution in [0.3, 0.4) is 0 Å². The highest BCUT2D eigenvalue weighted by molar-refractivity contribution is 5.74. The monoisotopic (exact) mass is 213 g/mol. The number of hydrogen-bond donors (Lipinski definition) is 6. The van der Waals surface area contributed by atoms with Crippen LogP contribution >= 0.6 is 0 Å². The Labute approximate surface area is 78.2 Å². The van der Waals surface area contributed by atoms with Crippen LogP contribution in [-0.4, -0.2) is 62.2 Å². The second-order valence-electron chi connectivity index (χ2n) is 2.73. The van der Waals surface area contributed by atoms with Gasteiger partial charge in [-0.05, 0) is 0 Å². The zero-order valence-corrected chi connectivity index (χ0v) is 7.04. The third-order valence-electron chi connectivity index (χ3n) is 1.68. The Morgan fingerprint density at radius 3 is 2.21 bits per heavy atom. The minimum atomic E-state index is -3.67. The molecule has 0 saturated heterocycles. The first-order valence-corrected chi connectivity index (χ1v) is 3.61. The van der Waals surface area contributed by atoms with E-state index in [1.807, 2.05) is 0 Å². The molecule has 8 heteroatoms. The van der Waals surface area contributed by atoms with E-state index >= 15 is 0 Å². The summed E-state index contributed by atoms with van der Waals surface area (Å²) in [5.41, 5.74) is 4.80. The molecule has 0 fully saturated rings. The number of nitrogens with two attached hydrogens (primary N) is 1. The Kier molecular flexibility index (Phi) is 4.36. The summed E-state index contributed by atoms with van der Waals surface area (Å²) in [7, 11) is 0. The second-order valence-corrected chi connectivity index (χ2v) is 2.73. The lowest BCUT2D eigenvalue weighted by atomic mass is 9.99. The van der Waals surface area contributed by atoms with Gasteiger partial charge in [-0.2, -0.15) is 0 Å². The maximum atomic E-state index is 13.0. The molecule has 14 heavy (non-hydrogen) atoms. The van der Waals surface area contributed by atoms with Crippen LogP contribution in [0.25, 0.3) is 0 Å². The molecule has 0 aromatic heterocycles. The van der Waals surface area contributed by atoms with Gasteiger partial charge in [0.15, 0.2) is 0 Å². The normalized spacial score (nSPS) is 22.1. The van der Waals surface area contributed by atoms with Crippen molar-refractivity contribution in [1.29, 1.82) is 0 Å². The zero-order valence-electron chi connectivity index (χ0n) is 7.04. The predicted octanol–water partition coefficient (Wildman–Crippen LogP) is -3.23. The highest BCUT2D eigenvalue weighted by atomic mass is 19.2. The van der Waals surface area contributed by atoms with Crippen molar-refractivity contribution in [1.82, 2.24) is 0 Å². The summed E-state index contributed by atoms with van der Waals surface area (Å²) >= 11 is 0. The maximum absolute atomic E-state index is 13.0. The Hall–Kier alpha value is -0.800. The number of rotatable bonds is 5. The Morgan fingerprint density at radius 1 is 1.50 bits per heavy atom. The van der Waals surface area contributed by atoms with E-state index in [4.69, 9.17) is 31.3 Å². The molecule has 0 aromatic rings. The number of aliphatic carboxylic acids is 1. The zero-order chi connectivity index (χ0) is 11.5. The summed E-state index contributed by atoms with van der Waals surface area (Å²) in [6.07, 6.45) is -4.87. The van der Waals surface area contributed by atoms with Crippen LogP contribution in [0.15, 0.2) is 0 Å². The van der Waals surface area contributed by atoms with Crippen LogP contribution in [0, 0.1) is 0 Å². The van der Waals surface area contributed by atoms with E-state index in [2.05, 4.69) is 0 Å². The molecule has 7 N–H and O–H groups in total. The molecule has 0 heterocycles. The molecule has 0 aliphatic heterocycles. The third-order valence-corrected chi connectivity index (χ3v) is 1.68. The van der Waals surface area contributed by atoms with Crippen LogP contribution in [0.1, 0.15) is 0 Å². The van der Waals surface area contributed by atoms with Crippen molar-refractivity contribution in [3.63, 3.8) is 0 Å². The SMILES string of the molecule is N[C@@H](C(=O)O)[C@@H](O)[C@@](O)(F)C(O)CO. The summed E-state index contributed by atoms with van der Waals surface area (Å²) < 4.78 is 13.0. The van der Waals surface area contributed by atoms with Crippen molar-refractivity contribution < 1.29 is 34.7 Å². The van der Waals surface area contributed by atoms with Crippen molar-refractivity contribution in [3.8, 4) is 0 Å². The Morgan fingerprint density at radius 2 is 1.93 bits per heavy atom. The lowest BCUT2D eigenvalue weighted by Gasteiger charge is -2.30. The van der Waals surface area contributed by atoms with E-state index < -0.39 is 36.7 Å². The van der Waals surface area contributed by atoms with E-state index in [1.165, 1.54) is 0 Å². The molecular weight excluding hydrogens is 201 g/mol. The minimum Gasteiger partial charge on any atom is -0.480 e. The van der Waals surface area contributed by atoms with Crippen molar-refractivity contribution in [3.05, 3.63) is 0 Å². The first kappa shape index (κ1) is 13.2. The summed E-state index contributed by atoms with van der Waals surface area (Å²) in [5.74, 6) is -5.43. The van der Waals surface area contributed by atoms with Crippen molar-refractivity contribution in [2.24, 2.45) is 5.73 Å². The third kappa shape index (κ3) is 2.59. The van der Waals surface area contributed by atoms with Gasteiger partial charge in [-0.15, -0.1) is 0 Å². The highest BCUT2D eigenvalue weighted by Gasteiger charge is 2.47. The van der Waals surface area contributed by atoms with Crippen molar-refractivity contribution in [2.75, 3.05) is 6.61 Å². The van der Waals surface area contributed by atoms with Crippen molar-refractivity contribution in [2.45, 2.75) is 24.1 Å². The van der Waals surface area contributed by atoms with Crippen LogP contribution in [0.4, 0.5) is 4.39 Å². The molecule has 7 nitrogen and oxygen atoms in total. The molecule has 0 radical (unpaired) electrons. The summed E-state index contributed by atoms with van der Waals surface area (Å²) in [4.78, 5) is 10.2. The van der Waals surface area contributed by atoms with E-state index in [-0.39, 0.29) is 0 Å². The van der Waals surface area contributed by atoms with Gasteiger partial charge in [0.25, 0.3) is 5.85 Å². The van der Waals surface area contributed by atoms with Gasteiger partial charge in [0.05, 0.1) is 6.61 Å². The number of carbonyl (C=O) groups is 1. The van der Waals surface area contributed by atoms with E-state index in [0.717, 1.165) is 0 Å². The maximum Gasteiger partial charge on any atom is 0.323 e. The molecule has 4 atom stereocenters. The predicted molar refractivity (Wildman–Crippen MR) is 40.8 cm³/mol. The molecular formula is C6H12FNO6. The van der Waals surface area contributed by atoms with E-state index in [1.54, 1.807) is 0 Å². The average molecular weight is 213 g/mol. The number of aliphatic hydroxyl groups excluding tert-OH is 3. The van der Waals surface area contributed by atoms with E-state index in [9.17, 15) is 9.18 Å². The lowest BCUT2D eigenvalue weighted by Crippen LogP contribution is -2.59. The van der Waals surface area contributed by atoms with Gasteiger partial charge < -0.3 is 31.3 Å². The van der Waals surface area contributed by atoms with Crippen LogP contribution in [0.2, 0.25) is 0 Å². The number of halogens is 1. The van der Waals surface area contributed by atoms with Gasteiger partial charge in [-0.3, -0.25) is 4.79 Å². The van der Waals surface area contributed by atoms with Gasteiger partial charge >= 0.3 is 5.97 Å². The fourth-order valence-corrected chi connectivity index (χ4v) is 0.712. The number of aliphatic hydroxyl groups is 4. The van der Waals surface area contributed by atoms with Crippen LogP contribution in [0.5, 0.6) is 0 Å². The van der Waals surface area contributed by atoms with Gasteiger partial charge in [-0.25, -0.2) is 4.39 Å². The van der Waals surface area contributed by atoms with Crippen LogP contribution in [-0.2, 0) is 4.79 Å². The molecule has 0 saturated carbocycles. The molecule has 0 bridgehead atoms. The molecule has 0 rings (SSSR count). The number of alkyl halides is 1. The average Bonchev–Trinajstić information content (AvgIpc) is 2.13. The number of hydrogen-bond acceptors (Lipinski definition) is 6. The summed E-state index contributed by atoms with van der Waals surface area (Å²) in [6, 6.07) is -2.11. The molecule has 84 valence electrons. The molecule has 0 aliphatic rings. The number of carboxylic acid groups (broad SMARTS) is 1. The Bertz CT molecular complexity index is 210. The van der Waals surface area contributed by atoms with Gasteiger partial charge in [0, 0.05) is 0 Å². The molecule has 0 amide bonds. The topological polar surface area (TPSA) is 144 Å². The first-order chi connectivity index (χ1) is 6.25. The first-order valence-electron chi connectivity index (χ1n) is 3.61. The van der Waals surface area contributed by atoms with Crippen LogP contribution < -0.4 is 5.73 Å². The van der Waals surface area contributed by atoms with Gasteiger partial charge in [0.2, 0.25) is 0 Å². The van der Waals surface area contributed by atoms with Gasteiger partial charge in [-0.1, -0.05) is 0 Å². The molecule has 1 unspecified atom stereocenters. The summed E-state index contributed by atoms with van der Waals surface area (Å²) in [5, 5.41) is 43.0. The fourth-order valence-electron chi connectivity index (χ4n) is 0.712. The molecule has 0 spiro atoms. The van der Waals surface area contributed by atoms with Gasteiger partial charge in [0.1, 0.15) is 18.2 Å². The Balaban J connectivity index is 4.64. The largest absolute Gasteiger partial charge is 0.480 e. The smallest absolute Gasteiger partial charge is 0.323 e. The standard InChI is InChI=1S/C6H12FNO6/c7-6(14,2(10)1-9)4(11)3(8)5(12)13/h2-4,9-11,14H,1,8H2,(H,12,13)/t2?,3-,4-,6-/m1/s1. The quantitative estimate of drug-likeness (QED) is 0.281. The second kappa shape index (κ2) is 4.62.